The Morgan fingerprint density at radius 3 is 2.37 bits per heavy atom. The molecule has 1 aliphatic heterocycles. The van der Waals surface area contributed by atoms with Crippen molar-refractivity contribution >= 4 is 22.6 Å². The standard InChI is InChI=1S/C26H32N8O/c27-26(35)31-22-5-3-20(4-6-22)9-11-33-14-12-32(13-15-33)10-1-2-21-17-28-25-8-7-23(16-24(21)25)34-18-29-30-19-34/h3-8,16-19,28H,1-2,9-15H2,(H3,27,31,35). The van der Waals surface area contributed by atoms with Crippen molar-refractivity contribution in [2.45, 2.75) is 19.3 Å². The summed E-state index contributed by atoms with van der Waals surface area (Å²) in [5, 5.41) is 11.7. The van der Waals surface area contributed by atoms with Crippen LogP contribution in [0, 0.1) is 0 Å². The Hall–Kier alpha value is -3.69. The van der Waals surface area contributed by atoms with Gasteiger partial charge in [-0.05, 0) is 67.3 Å². The van der Waals surface area contributed by atoms with Gasteiger partial charge in [-0.2, -0.15) is 0 Å². The topological polar surface area (TPSA) is 108 Å². The number of carbonyl (C=O) groups is 1. The normalized spacial score (nSPS) is 15.0. The first kappa shape index (κ1) is 23.1. The van der Waals surface area contributed by atoms with E-state index in [1.165, 1.54) is 22.0 Å². The number of nitrogens with zero attached hydrogens (tertiary/aromatic N) is 5. The maximum absolute atomic E-state index is 10.9. The van der Waals surface area contributed by atoms with Crippen LogP contribution in [-0.2, 0) is 12.8 Å². The lowest BCUT2D eigenvalue weighted by Gasteiger charge is -2.34. The average Bonchev–Trinajstić information content (AvgIpc) is 3.54. The summed E-state index contributed by atoms with van der Waals surface area (Å²) in [5.41, 5.74) is 10.8. The molecule has 5 rings (SSSR count). The number of amides is 2. The third-order valence-electron chi connectivity index (χ3n) is 6.79. The number of nitrogens with two attached hydrogens (primary N) is 1. The minimum atomic E-state index is -0.533. The van der Waals surface area contributed by atoms with Crippen LogP contribution in [0.15, 0.2) is 61.3 Å². The summed E-state index contributed by atoms with van der Waals surface area (Å²) >= 11 is 0. The van der Waals surface area contributed by atoms with Crippen LogP contribution in [0.3, 0.4) is 0 Å². The number of rotatable bonds is 9. The van der Waals surface area contributed by atoms with E-state index in [0.29, 0.717) is 0 Å². The maximum atomic E-state index is 10.9. The molecule has 0 bridgehead atoms. The zero-order chi connectivity index (χ0) is 24.0. The summed E-state index contributed by atoms with van der Waals surface area (Å²) in [6.07, 6.45) is 8.82. The molecule has 4 aromatic rings. The van der Waals surface area contributed by atoms with Crippen LogP contribution in [0.4, 0.5) is 10.5 Å². The molecule has 35 heavy (non-hydrogen) atoms. The first-order chi connectivity index (χ1) is 17.1. The van der Waals surface area contributed by atoms with Gasteiger partial charge in [-0.1, -0.05) is 12.1 Å². The van der Waals surface area contributed by atoms with E-state index in [2.05, 4.69) is 66.8 Å². The molecule has 2 aromatic heterocycles. The van der Waals surface area contributed by atoms with Crippen molar-refractivity contribution in [3.05, 3.63) is 72.4 Å². The van der Waals surface area contributed by atoms with Crippen LogP contribution >= 0.6 is 0 Å². The molecular weight excluding hydrogens is 440 g/mol. The van der Waals surface area contributed by atoms with E-state index in [0.717, 1.165) is 69.9 Å². The fraction of sp³-hybridized carbons (Fsp3) is 0.346. The molecule has 0 aliphatic carbocycles. The zero-order valence-corrected chi connectivity index (χ0v) is 19.9. The molecular formula is C26H32N8O. The molecule has 0 radical (unpaired) electrons. The third-order valence-corrected chi connectivity index (χ3v) is 6.79. The van der Waals surface area contributed by atoms with Gasteiger partial charge in [0.25, 0.3) is 0 Å². The lowest BCUT2D eigenvalue weighted by atomic mass is 10.1. The monoisotopic (exact) mass is 472 g/mol. The second-order valence-electron chi connectivity index (χ2n) is 9.14. The largest absolute Gasteiger partial charge is 0.361 e. The zero-order valence-electron chi connectivity index (χ0n) is 19.9. The summed E-state index contributed by atoms with van der Waals surface area (Å²) in [7, 11) is 0. The Kier molecular flexibility index (Phi) is 7.06. The minimum Gasteiger partial charge on any atom is -0.361 e. The number of hydrogen-bond acceptors (Lipinski definition) is 5. The molecule has 0 atom stereocenters. The van der Waals surface area contributed by atoms with Crippen LogP contribution in [0.1, 0.15) is 17.5 Å². The molecule has 0 unspecified atom stereocenters. The maximum Gasteiger partial charge on any atom is 0.316 e. The van der Waals surface area contributed by atoms with Gasteiger partial charge in [0.1, 0.15) is 12.7 Å². The van der Waals surface area contributed by atoms with Crippen molar-refractivity contribution in [2.24, 2.45) is 5.73 Å². The molecule has 4 N–H and O–H groups in total. The third kappa shape index (κ3) is 5.87. The Morgan fingerprint density at radius 2 is 1.66 bits per heavy atom. The smallest absolute Gasteiger partial charge is 0.316 e. The summed E-state index contributed by atoms with van der Waals surface area (Å²) < 4.78 is 1.94. The van der Waals surface area contributed by atoms with Gasteiger partial charge in [-0.15, -0.1) is 10.2 Å². The number of nitrogens with one attached hydrogen (secondary N) is 2. The molecule has 1 aliphatic rings. The molecule has 9 heteroatoms. The van der Waals surface area contributed by atoms with Crippen molar-refractivity contribution in [3.8, 4) is 5.69 Å². The number of aromatic nitrogens is 4. The van der Waals surface area contributed by atoms with Gasteiger partial charge in [0.15, 0.2) is 0 Å². The molecule has 1 saturated heterocycles. The molecule has 182 valence electrons. The summed E-state index contributed by atoms with van der Waals surface area (Å²) in [6, 6.07) is 13.8. The number of fused-ring (bicyclic) bond motifs is 1. The molecule has 2 aromatic carbocycles. The number of benzene rings is 2. The van der Waals surface area contributed by atoms with Gasteiger partial charge in [0.2, 0.25) is 0 Å². The Balaban J connectivity index is 1.05. The number of carbonyl (C=O) groups excluding carboxylic acids is 1. The highest BCUT2D eigenvalue weighted by Crippen LogP contribution is 2.23. The molecule has 3 heterocycles. The van der Waals surface area contributed by atoms with E-state index in [9.17, 15) is 4.79 Å². The second kappa shape index (κ2) is 10.7. The number of hydrogen-bond donors (Lipinski definition) is 3. The van der Waals surface area contributed by atoms with Crippen molar-refractivity contribution in [1.29, 1.82) is 0 Å². The van der Waals surface area contributed by atoms with E-state index in [4.69, 9.17) is 5.73 Å². The molecule has 0 saturated carbocycles. The average molecular weight is 473 g/mol. The van der Waals surface area contributed by atoms with Crippen LogP contribution in [-0.4, -0.2) is 74.8 Å². The van der Waals surface area contributed by atoms with Gasteiger partial charge in [0.05, 0.1) is 0 Å². The lowest BCUT2D eigenvalue weighted by molar-refractivity contribution is 0.132. The first-order valence-electron chi connectivity index (χ1n) is 12.2. The molecule has 1 fully saturated rings. The van der Waals surface area contributed by atoms with Gasteiger partial charge in [-0.3, -0.25) is 4.57 Å². The summed E-state index contributed by atoms with van der Waals surface area (Å²) in [6.45, 7) is 6.63. The highest BCUT2D eigenvalue weighted by atomic mass is 16.2. The minimum absolute atomic E-state index is 0.533. The Bertz CT molecular complexity index is 1240. The van der Waals surface area contributed by atoms with Crippen LogP contribution < -0.4 is 11.1 Å². The van der Waals surface area contributed by atoms with E-state index >= 15 is 0 Å². The number of aromatic amines is 1. The predicted octanol–water partition coefficient (Wildman–Crippen LogP) is 3.03. The SMILES string of the molecule is NC(=O)Nc1ccc(CCN2CCN(CCCc3c[nH]c4ccc(-n5cnnc5)cc34)CC2)cc1. The summed E-state index contributed by atoms with van der Waals surface area (Å²) in [4.78, 5) is 19.5. The fourth-order valence-corrected chi connectivity index (χ4v) is 4.78. The van der Waals surface area contributed by atoms with Crippen LogP contribution in [0.2, 0.25) is 0 Å². The van der Waals surface area contributed by atoms with Gasteiger partial charge >= 0.3 is 6.03 Å². The van der Waals surface area contributed by atoms with Crippen molar-refractivity contribution < 1.29 is 4.79 Å². The molecule has 9 nitrogen and oxygen atoms in total. The summed E-state index contributed by atoms with van der Waals surface area (Å²) in [5.74, 6) is 0. The number of anilines is 1. The van der Waals surface area contributed by atoms with Gasteiger partial charge < -0.3 is 25.8 Å². The van der Waals surface area contributed by atoms with Crippen molar-refractivity contribution in [1.82, 2.24) is 29.5 Å². The number of piperazine rings is 1. The van der Waals surface area contributed by atoms with E-state index in [-0.39, 0.29) is 0 Å². The quantitative estimate of drug-likeness (QED) is 0.347. The van der Waals surface area contributed by atoms with Gasteiger partial charge in [0, 0.05) is 61.2 Å². The van der Waals surface area contributed by atoms with E-state index in [1.54, 1.807) is 12.7 Å². The Labute approximate surface area is 204 Å². The number of primary amides is 1. The van der Waals surface area contributed by atoms with Crippen LogP contribution in [0.5, 0.6) is 0 Å². The van der Waals surface area contributed by atoms with Crippen molar-refractivity contribution in [2.75, 3.05) is 44.6 Å². The highest BCUT2D eigenvalue weighted by molar-refractivity contribution is 5.87. The molecule has 2 amide bonds. The second-order valence-corrected chi connectivity index (χ2v) is 9.14. The van der Waals surface area contributed by atoms with E-state index < -0.39 is 6.03 Å². The van der Waals surface area contributed by atoms with E-state index in [1.807, 2.05) is 16.7 Å². The Morgan fingerprint density at radius 1 is 0.943 bits per heavy atom. The number of urea groups is 1. The highest BCUT2D eigenvalue weighted by Gasteiger charge is 2.16. The van der Waals surface area contributed by atoms with Gasteiger partial charge in [-0.25, -0.2) is 4.79 Å². The number of aryl methyl sites for hydroxylation is 1. The fourth-order valence-electron chi connectivity index (χ4n) is 4.78. The van der Waals surface area contributed by atoms with Crippen molar-refractivity contribution in [3.63, 3.8) is 0 Å². The first-order valence-corrected chi connectivity index (χ1v) is 12.2. The van der Waals surface area contributed by atoms with Crippen LogP contribution in [0.25, 0.3) is 16.6 Å². The number of H-pyrrole nitrogens is 1. The lowest BCUT2D eigenvalue weighted by Crippen LogP contribution is -2.47. The predicted molar refractivity (Wildman–Crippen MR) is 138 cm³/mol. The molecule has 0 spiro atoms.